The smallest absolute Gasteiger partial charge is 0.289 e. The third-order valence-corrected chi connectivity index (χ3v) is 6.11. The Morgan fingerprint density at radius 1 is 1.07 bits per heavy atom. The summed E-state index contributed by atoms with van der Waals surface area (Å²) in [5.74, 6) is 0.767. The van der Waals surface area contributed by atoms with Gasteiger partial charge in [0.15, 0.2) is 5.96 Å². The maximum absolute atomic E-state index is 12.8. The number of nitrogens with two attached hydrogens (primary N) is 2. The number of hydrogen-bond acceptors (Lipinski definition) is 5. The van der Waals surface area contributed by atoms with Crippen molar-refractivity contribution in [1.29, 1.82) is 0 Å². The van der Waals surface area contributed by atoms with Gasteiger partial charge in [-0.25, -0.2) is 15.0 Å². The Kier molecular flexibility index (Phi) is 6.01. The van der Waals surface area contributed by atoms with Gasteiger partial charge in [0, 0.05) is 11.4 Å². The van der Waals surface area contributed by atoms with Crippen molar-refractivity contribution >= 4 is 28.6 Å². The molecule has 30 heavy (non-hydrogen) atoms. The number of amides is 1. The Bertz CT molecular complexity index is 948. The summed E-state index contributed by atoms with van der Waals surface area (Å²) in [5, 5.41) is 7.54. The fourth-order valence-corrected chi connectivity index (χ4v) is 4.58. The van der Waals surface area contributed by atoms with Crippen LogP contribution in [-0.4, -0.2) is 40.0 Å². The Hall–Kier alpha value is -2.90. The molecule has 8 heteroatoms. The van der Waals surface area contributed by atoms with Crippen molar-refractivity contribution in [3.8, 4) is 0 Å². The van der Waals surface area contributed by atoms with Crippen LogP contribution in [0, 0.1) is 6.92 Å². The van der Waals surface area contributed by atoms with E-state index in [-0.39, 0.29) is 35.8 Å². The second kappa shape index (κ2) is 8.85. The van der Waals surface area contributed by atoms with Gasteiger partial charge in [-0.1, -0.05) is 37.3 Å². The second-order valence-corrected chi connectivity index (χ2v) is 8.53. The number of carbonyl (C=O) groups is 1. The van der Waals surface area contributed by atoms with Crippen LogP contribution in [0.1, 0.15) is 67.5 Å². The highest BCUT2D eigenvalue weighted by Gasteiger charge is 2.27. The Labute approximate surface area is 176 Å². The van der Waals surface area contributed by atoms with E-state index in [1.165, 1.54) is 0 Å². The quantitative estimate of drug-likeness (QED) is 0.443. The molecule has 0 bridgehead atoms. The van der Waals surface area contributed by atoms with E-state index < -0.39 is 0 Å². The van der Waals surface area contributed by atoms with Crippen LogP contribution in [0.15, 0.2) is 23.2 Å². The molecule has 2 saturated carbocycles. The molecule has 8 nitrogen and oxygen atoms in total. The molecule has 0 saturated heterocycles. The molecular weight excluding hydrogens is 378 g/mol. The number of benzene rings is 1. The molecule has 1 aromatic heterocycles. The molecule has 1 heterocycles. The summed E-state index contributed by atoms with van der Waals surface area (Å²) in [6, 6.07) is 6.27. The highest BCUT2D eigenvalue weighted by atomic mass is 16.2. The monoisotopic (exact) mass is 409 g/mol. The van der Waals surface area contributed by atoms with Crippen molar-refractivity contribution in [2.75, 3.05) is 5.32 Å². The van der Waals surface area contributed by atoms with Gasteiger partial charge in [0.05, 0.1) is 17.6 Å². The van der Waals surface area contributed by atoms with E-state index in [0.717, 1.165) is 67.8 Å². The van der Waals surface area contributed by atoms with Crippen LogP contribution >= 0.6 is 0 Å². The van der Waals surface area contributed by atoms with Gasteiger partial charge in [-0.3, -0.25) is 4.79 Å². The molecule has 2 atom stereocenters. The molecule has 0 aliphatic heterocycles. The maximum atomic E-state index is 12.8. The van der Waals surface area contributed by atoms with Crippen LogP contribution in [0.2, 0.25) is 0 Å². The molecule has 2 aliphatic carbocycles. The standard InChI is InChI=1S/C22H31N7O/c1-13-10-11-16-15(12-13)19(27-17-8-4-5-9-18(17)28-22(23)24)29-20(26-16)21(30)25-14-6-2-3-7-14/h10-12,14,17-18H,2-9H2,1H3,(H,25,30)(H4,23,24,28)(H,26,27,29)/t17-,18+/m0/s1. The Morgan fingerprint density at radius 2 is 1.80 bits per heavy atom. The number of aryl methyl sites for hydroxylation is 1. The normalized spacial score (nSPS) is 22.0. The first-order valence-corrected chi connectivity index (χ1v) is 10.9. The molecule has 1 aromatic carbocycles. The molecule has 2 aliphatic rings. The van der Waals surface area contributed by atoms with E-state index >= 15 is 0 Å². The number of hydrogen-bond donors (Lipinski definition) is 4. The SMILES string of the molecule is Cc1ccc2nc(C(=O)NC3CCCC3)nc(N[C@H]3CCCC[C@H]3N=C(N)N)c2c1. The molecule has 6 N–H and O–H groups in total. The van der Waals surface area contributed by atoms with Crippen molar-refractivity contribution in [2.45, 2.75) is 76.4 Å². The van der Waals surface area contributed by atoms with Crippen molar-refractivity contribution in [1.82, 2.24) is 15.3 Å². The zero-order chi connectivity index (χ0) is 21.1. The summed E-state index contributed by atoms with van der Waals surface area (Å²) in [5.41, 5.74) is 13.2. The molecule has 1 amide bonds. The minimum Gasteiger partial charge on any atom is -0.370 e. The van der Waals surface area contributed by atoms with E-state index in [1.54, 1.807) is 0 Å². The third kappa shape index (κ3) is 4.63. The first-order chi connectivity index (χ1) is 14.5. The van der Waals surface area contributed by atoms with Crippen molar-refractivity contribution in [3.63, 3.8) is 0 Å². The van der Waals surface area contributed by atoms with Gasteiger partial charge >= 0.3 is 0 Å². The van der Waals surface area contributed by atoms with Gasteiger partial charge in [0.25, 0.3) is 5.91 Å². The van der Waals surface area contributed by atoms with Gasteiger partial charge in [-0.15, -0.1) is 0 Å². The lowest BCUT2D eigenvalue weighted by Crippen LogP contribution is -2.39. The number of guanidine groups is 1. The lowest BCUT2D eigenvalue weighted by molar-refractivity contribution is 0.0928. The van der Waals surface area contributed by atoms with Crippen LogP contribution in [0.3, 0.4) is 0 Å². The maximum Gasteiger partial charge on any atom is 0.289 e. The van der Waals surface area contributed by atoms with E-state index in [1.807, 2.05) is 19.1 Å². The van der Waals surface area contributed by atoms with E-state index in [9.17, 15) is 4.79 Å². The summed E-state index contributed by atoms with van der Waals surface area (Å²) in [6.07, 6.45) is 8.42. The molecule has 160 valence electrons. The summed E-state index contributed by atoms with van der Waals surface area (Å²) in [6.45, 7) is 2.03. The van der Waals surface area contributed by atoms with Crippen LogP contribution in [0.25, 0.3) is 10.9 Å². The number of carbonyl (C=O) groups excluding carboxylic acids is 1. The third-order valence-electron chi connectivity index (χ3n) is 6.11. The Balaban J connectivity index is 1.66. The second-order valence-electron chi connectivity index (χ2n) is 8.53. The van der Waals surface area contributed by atoms with Crippen LogP contribution in [-0.2, 0) is 0 Å². The number of rotatable bonds is 5. The van der Waals surface area contributed by atoms with Crippen molar-refractivity contribution in [3.05, 3.63) is 29.6 Å². The zero-order valence-electron chi connectivity index (χ0n) is 17.5. The van der Waals surface area contributed by atoms with E-state index in [2.05, 4.69) is 31.7 Å². The first-order valence-electron chi connectivity index (χ1n) is 10.9. The number of aliphatic imine (C=N–C) groups is 1. The topological polar surface area (TPSA) is 131 Å². The largest absolute Gasteiger partial charge is 0.370 e. The van der Waals surface area contributed by atoms with Gasteiger partial charge < -0.3 is 22.1 Å². The molecule has 2 fully saturated rings. The molecule has 0 unspecified atom stereocenters. The minimum absolute atomic E-state index is 0.00524. The van der Waals surface area contributed by atoms with Crippen molar-refractivity contribution < 1.29 is 4.79 Å². The van der Waals surface area contributed by atoms with Crippen LogP contribution in [0.4, 0.5) is 5.82 Å². The average molecular weight is 410 g/mol. The Morgan fingerprint density at radius 3 is 2.57 bits per heavy atom. The molecule has 4 rings (SSSR count). The van der Waals surface area contributed by atoms with Crippen LogP contribution < -0.4 is 22.1 Å². The number of fused-ring (bicyclic) bond motifs is 1. The number of aromatic nitrogens is 2. The number of anilines is 1. The number of nitrogens with zero attached hydrogens (tertiary/aromatic N) is 3. The van der Waals surface area contributed by atoms with Gasteiger partial charge in [-0.05, 0) is 44.7 Å². The lowest BCUT2D eigenvalue weighted by atomic mass is 9.90. The summed E-state index contributed by atoms with van der Waals surface area (Å²) < 4.78 is 0. The zero-order valence-corrected chi connectivity index (χ0v) is 17.5. The number of nitrogens with one attached hydrogen (secondary N) is 2. The predicted molar refractivity (Wildman–Crippen MR) is 119 cm³/mol. The van der Waals surface area contributed by atoms with E-state index in [0.29, 0.717) is 5.82 Å². The molecular formula is C22H31N7O. The van der Waals surface area contributed by atoms with Crippen LogP contribution in [0.5, 0.6) is 0 Å². The summed E-state index contributed by atoms with van der Waals surface area (Å²) in [4.78, 5) is 26.5. The highest BCUT2D eigenvalue weighted by Crippen LogP contribution is 2.28. The fourth-order valence-electron chi connectivity index (χ4n) is 4.58. The predicted octanol–water partition coefficient (Wildman–Crippen LogP) is 2.61. The molecule has 0 radical (unpaired) electrons. The molecule has 2 aromatic rings. The van der Waals surface area contributed by atoms with Gasteiger partial charge in [0.2, 0.25) is 5.82 Å². The summed E-state index contributed by atoms with van der Waals surface area (Å²) >= 11 is 0. The van der Waals surface area contributed by atoms with Gasteiger partial charge in [0.1, 0.15) is 5.82 Å². The highest BCUT2D eigenvalue weighted by molar-refractivity contribution is 5.96. The van der Waals surface area contributed by atoms with E-state index in [4.69, 9.17) is 11.5 Å². The minimum atomic E-state index is -0.211. The average Bonchev–Trinajstić information content (AvgIpc) is 3.22. The molecule has 0 spiro atoms. The fraction of sp³-hybridized carbons (Fsp3) is 0.545. The first kappa shape index (κ1) is 20.4. The lowest BCUT2D eigenvalue weighted by Gasteiger charge is -2.30. The summed E-state index contributed by atoms with van der Waals surface area (Å²) in [7, 11) is 0. The van der Waals surface area contributed by atoms with Crippen molar-refractivity contribution in [2.24, 2.45) is 16.5 Å². The van der Waals surface area contributed by atoms with Gasteiger partial charge in [-0.2, -0.15) is 0 Å².